The van der Waals surface area contributed by atoms with Crippen LogP contribution >= 0.6 is 0 Å². The van der Waals surface area contributed by atoms with E-state index in [1.165, 1.54) is 0 Å². The van der Waals surface area contributed by atoms with Gasteiger partial charge in [-0.1, -0.05) is 0 Å². The Kier molecular flexibility index (Phi) is 1.15. The van der Waals surface area contributed by atoms with Gasteiger partial charge >= 0.3 is 0 Å². The molecule has 2 heteroatoms. The van der Waals surface area contributed by atoms with Gasteiger partial charge in [0.15, 0.2) is 0 Å². The maximum absolute atomic E-state index is 5.31. The Bertz CT molecular complexity index is 40.8. The Labute approximate surface area is 39.1 Å². The van der Waals surface area contributed by atoms with Crippen LogP contribution in [-0.2, 0) is 4.74 Å². The highest BCUT2D eigenvalue weighted by Gasteiger charge is 2.06. The van der Waals surface area contributed by atoms with E-state index in [0.29, 0.717) is 0 Å². The highest BCUT2D eigenvalue weighted by Crippen LogP contribution is 2.06. The minimum atomic E-state index is 0.0463. The topological polar surface area (TPSA) is 9.23 Å². The Hall–Kier alpha value is 0.0249. The molecule has 0 saturated carbocycles. The second-order valence-corrected chi connectivity index (χ2v) is 1.55. The van der Waals surface area contributed by atoms with E-state index in [0.717, 1.165) is 19.4 Å². The van der Waals surface area contributed by atoms with Crippen molar-refractivity contribution in [2.45, 2.75) is 18.8 Å². The quantitative estimate of drug-likeness (QED) is 0.381. The second-order valence-electron chi connectivity index (χ2n) is 1.55. The number of hydrogen-bond donors (Lipinski definition) is 0. The van der Waals surface area contributed by atoms with Gasteiger partial charge in [0.25, 0.3) is 0 Å². The Morgan fingerprint density at radius 3 is 2.67 bits per heavy atom. The average Bonchev–Trinajstić information content (AvgIpc) is 1.86. The Morgan fingerprint density at radius 2 is 2.50 bits per heavy atom. The largest absolute Gasteiger partial charge is 0.388 e. The lowest BCUT2D eigenvalue weighted by Gasteiger charge is -1.94. The fourth-order valence-corrected chi connectivity index (χ4v) is 0.603. The summed E-state index contributed by atoms with van der Waals surface area (Å²) in [7, 11) is 5.31. The van der Waals surface area contributed by atoms with E-state index in [-0.39, 0.29) is 6.00 Å². The summed E-state index contributed by atoms with van der Waals surface area (Å²) in [4.78, 5) is 0. The van der Waals surface area contributed by atoms with Crippen molar-refractivity contribution in [3.05, 3.63) is 0 Å². The van der Waals surface area contributed by atoms with Gasteiger partial charge in [-0.25, -0.2) is 0 Å². The van der Waals surface area contributed by atoms with Gasteiger partial charge in [-0.05, 0) is 12.8 Å². The maximum Gasteiger partial charge on any atom is 0.108 e. The predicted octanol–water partition coefficient (Wildman–Crippen LogP) is 0.291. The second kappa shape index (κ2) is 1.65. The lowest BCUT2D eigenvalue weighted by molar-refractivity contribution is 0.168. The summed E-state index contributed by atoms with van der Waals surface area (Å²) >= 11 is 0. The molecule has 1 unspecified atom stereocenters. The van der Waals surface area contributed by atoms with Crippen LogP contribution in [0.25, 0.3) is 0 Å². The highest BCUT2D eigenvalue weighted by molar-refractivity contribution is 6.11. The Balaban J connectivity index is 2.18. The number of ether oxygens (including phenoxy) is 1. The molecular formula is C4H7BO. The zero-order valence-corrected chi connectivity index (χ0v) is 3.68. The summed E-state index contributed by atoms with van der Waals surface area (Å²) in [5.41, 5.74) is 0. The van der Waals surface area contributed by atoms with Crippen LogP contribution in [0, 0.1) is 0 Å². The van der Waals surface area contributed by atoms with Crippen molar-refractivity contribution in [1.29, 1.82) is 0 Å². The summed E-state index contributed by atoms with van der Waals surface area (Å²) < 4.78 is 4.93. The van der Waals surface area contributed by atoms with Crippen LogP contribution in [0.15, 0.2) is 0 Å². The average molecular weight is 81.9 g/mol. The molecule has 0 aromatic heterocycles. The lowest BCUT2D eigenvalue weighted by Crippen LogP contribution is -2.01. The monoisotopic (exact) mass is 82.1 g/mol. The zero-order chi connectivity index (χ0) is 4.41. The molecule has 1 aliphatic heterocycles. The van der Waals surface area contributed by atoms with Gasteiger partial charge in [-0.3, -0.25) is 0 Å². The molecule has 32 valence electrons. The summed E-state index contributed by atoms with van der Waals surface area (Å²) in [6.07, 6.45) is 2.18. The molecule has 0 aliphatic carbocycles. The Morgan fingerprint density at radius 1 is 1.67 bits per heavy atom. The van der Waals surface area contributed by atoms with Crippen molar-refractivity contribution >= 4 is 7.85 Å². The zero-order valence-electron chi connectivity index (χ0n) is 3.68. The molecule has 0 bridgehead atoms. The van der Waals surface area contributed by atoms with Crippen LogP contribution in [0.3, 0.4) is 0 Å². The number of hydrogen-bond acceptors (Lipinski definition) is 1. The van der Waals surface area contributed by atoms with E-state index in [1.807, 2.05) is 0 Å². The first-order valence-corrected chi connectivity index (χ1v) is 2.27. The smallest absolute Gasteiger partial charge is 0.108 e. The predicted molar refractivity (Wildman–Crippen MR) is 24.7 cm³/mol. The molecule has 1 rings (SSSR count). The van der Waals surface area contributed by atoms with Gasteiger partial charge in [0, 0.05) is 12.6 Å². The van der Waals surface area contributed by atoms with Crippen LogP contribution in [0.2, 0.25) is 0 Å². The van der Waals surface area contributed by atoms with E-state index >= 15 is 0 Å². The summed E-state index contributed by atoms with van der Waals surface area (Å²) in [5, 5.41) is 0. The first-order chi connectivity index (χ1) is 2.89. The first-order valence-electron chi connectivity index (χ1n) is 2.27. The van der Waals surface area contributed by atoms with Gasteiger partial charge in [0.2, 0.25) is 0 Å². The van der Waals surface area contributed by atoms with Gasteiger partial charge in [-0.2, -0.15) is 0 Å². The summed E-state index contributed by atoms with van der Waals surface area (Å²) in [5.74, 6) is 0. The van der Waals surface area contributed by atoms with E-state index in [2.05, 4.69) is 0 Å². The van der Waals surface area contributed by atoms with Crippen LogP contribution in [-0.4, -0.2) is 20.5 Å². The molecule has 1 saturated heterocycles. The molecule has 2 radical (unpaired) electrons. The molecule has 0 N–H and O–H groups in total. The molecule has 1 aliphatic rings. The third-order valence-electron chi connectivity index (χ3n) is 0.965. The van der Waals surface area contributed by atoms with E-state index in [9.17, 15) is 0 Å². The first kappa shape index (κ1) is 4.19. The van der Waals surface area contributed by atoms with Crippen LogP contribution < -0.4 is 0 Å². The van der Waals surface area contributed by atoms with E-state index < -0.39 is 0 Å². The fraction of sp³-hybridized carbons (Fsp3) is 1.00. The fourth-order valence-electron chi connectivity index (χ4n) is 0.603. The normalized spacial score (nSPS) is 34.3. The van der Waals surface area contributed by atoms with Crippen molar-refractivity contribution < 1.29 is 4.74 Å². The van der Waals surface area contributed by atoms with Crippen LogP contribution in [0.4, 0.5) is 0 Å². The van der Waals surface area contributed by atoms with Crippen LogP contribution in [0.5, 0.6) is 0 Å². The highest BCUT2D eigenvalue weighted by atomic mass is 16.5. The lowest BCUT2D eigenvalue weighted by atomic mass is 9.98. The molecule has 0 aromatic carbocycles. The van der Waals surface area contributed by atoms with Crippen molar-refractivity contribution in [3.63, 3.8) is 0 Å². The third kappa shape index (κ3) is 0.746. The molecule has 0 spiro atoms. The van der Waals surface area contributed by atoms with Crippen molar-refractivity contribution in [2.75, 3.05) is 6.61 Å². The maximum atomic E-state index is 5.31. The standard InChI is InChI=1S/C4H7BO/c5-4-2-1-3-6-4/h4H,1-3H2. The minimum Gasteiger partial charge on any atom is -0.388 e. The summed E-state index contributed by atoms with van der Waals surface area (Å²) in [6, 6.07) is 0.0463. The molecule has 1 atom stereocenters. The van der Waals surface area contributed by atoms with Crippen molar-refractivity contribution in [1.82, 2.24) is 0 Å². The van der Waals surface area contributed by atoms with Crippen molar-refractivity contribution in [2.24, 2.45) is 0 Å². The molecule has 0 aromatic rings. The van der Waals surface area contributed by atoms with E-state index in [1.54, 1.807) is 0 Å². The van der Waals surface area contributed by atoms with Crippen LogP contribution in [0.1, 0.15) is 12.8 Å². The minimum absolute atomic E-state index is 0.0463. The molecular weight excluding hydrogens is 74.9 g/mol. The molecule has 6 heavy (non-hydrogen) atoms. The third-order valence-corrected chi connectivity index (χ3v) is 0.965. The molecule has 1 fully saturated rings. The van der Waals surface area contributed by atoms with Crippen molar-refractivity contribution in [3.8, 4) is 0 Å². The van der Waals surface area contributed by atoms with Gasteiger partial charge in [-0.15, -0.1) is 0 Å². The van der Waals surface area contributed by atoms with Gasteiger partial charge in [0.1, 0.15) is 7.85 Å². The molecule has 0 amide bonds. The van der Waals surface area contributed by atoms with E-state index in [4.69, 9.17) is 12.6 Å². The molecule has 1 nitrogen and oxygen atoms in total. The number of rotatable bonds is 0. The van der Waals surface area contributed by atoms with Gasteiger partial charge in [0.05, 0.1) is 0 Å². The van der Waals surface area contributed by atoms with Gasteiger partial charge < -0.3 is 4.74 Å². The SMILES string of the molecule is [B]C1CCCO1. The summed E-state index contributed by atoms with van der Waals surface area (Å²) in [6.45, 7) is 0.862. The molecule has 1 heterocycles.